The smallest absolute Gasteiger partial charge is 0.266 e. The Bertz CT molecular complexity index is 158. The van der Waals surface area contributed by atoms with Gasteiger partial charge in [-0.25, -0.2) is 11.0 Å². The van der Waals surface area contributed by atoms with Crippen LogP contribution in [0.5, 0.6) is 0 Å². The van der Waals surface area contributed by atoms with Gasteiger partial charge in [-0.2, -0.15) is 0 Å². The van der Waals surface area contributed by atoms with E-state index in [2.05, 4.69) is 13.2 Å². The minimum atomic E-state index is -0.588. The first kappa shape index (κ1) is 13.0. The van der Waals surface area contributed by atoms with Gasteiger partial charge in [-0.1, -0.05) is 13.2 Å². The first-order chi connectivity index (χ1) is 5.62. The molecule has 0 aromatic rings. The average Bonchev–Trinajstić information content (AvgIpc) is 2.16. The van der Waals surface area contributed by atoms with E-state index in [1.165, 1.54) is 11.0 Å². The molecule has 4 N–H and O–H groups in total. The molecule has 0 unspecified atom stereocenters. The first-order valence-corrected chi connectivity index (χ1v) is 2.75. The fourth-order valence-corrected chi connectivity index (χ4v) is 0.0913. The molecule has 0 saturated carbocycles. The van der Waals surface area contributed by atoms with Gasteiger partial charge in [0.15, 0.2) is 0 Å². The maximum Gasteiger partial charge on any atom is 0.266 e. The van der Waals surface area contributed by atoms with Crippen molar-refractivity contribution in [2.24, 2.45) is 0 Å². The SMILES string of the molecule is C=CC(=O)NO.C=CC(=O)NO. The van der Waals surface area contributed by atoms with Crippen LogP contribution in [0.2, 0.25) is 0 Å². The number of hydroxylamine groups is 2. The molecule has 0 aliphatic rings. The van der Waals surface area contributed by atoms with Gasteiger partial charge in [0.1, 0.15) is 0 Å². The minimum absolute atomic E-state index is 0.588. The van der Waals surface area contributed by atoms with E-state index >= 15 is 0 Å². The Morgan fingerprint density at radius 1 is 1.00 bits per heavy atom. The topological polar surface area (TPSA) is 98.7 Å². The lowest BCUT2D eigenvalue weighted by atomic mass is 10.6. The van der Waals surface area contributed by atoms with Crippen molar-refractivity contribution < 1.29 is 20.0 Å². The molecule has 0 fully saturated rings. The van der Waals surface area contributed by atoms with E-state index in [4.69, 9.17) is 10.4 Å². The Hall–Kier alpha value is -1.66. The number of hydrogen-bond donors (Lipinski definition) is 4. The Morgan fingerprint density at radius 3 is 1.25 bits per heavy atom. The first-order valence-electron chi connectivity index (χ1n) is 2.75. The number of rotatable bonds is 2. The van der Waals surface area contributed by atoms with Crippen LogP contribution in [0.1, 0.15) is 0 Å². The zero-order chi connectivity index (χ0) is 9.98. The van der Waals surface area contributed by atoms with E-state index in [-0.39, 0.29) is 0 Å². The molecule has 0 aliphatic heterocycles. The summed E-state index contributed by atoms with van der Waals surface area (Å²) < 4.78 is 0. The normalized spacial score (nSPS) is 6.83. The van der Waals surface area contributed by atoms with Crippen molar-refractivity contribution in [3.63, 3.8) is 0 Å². The summed E-state index contributed by atoms with van der Waals surface area (Å²) in [6.07, 6.45) is 1.94. The summed E-state index contributed by atoms with van der Waals surface area (Å²) in [5, 5.41) is 15.3. The van der Waals surface area contributed by atoms with Crippen LogP contribution < -0.4 is 11.0 Å². The number of nitrogens with one attached hydrogen (secondary N) is 2. The van der Waals surface area contributed by atoms with Gasteiger partial charge in [-0.3, -0.25) is 20.0 Å². The largest absolute Gasteiger partial charge is 0.288 e. The van der Waals surface area contributed by atoms with Crippen molar-refractivity contribution in [1.82, 2.24) is 11.0 Å². The van der Waals surface area contributed by atoms with Gasteiger partial charge >= 0.3 is 0 Å². The Labute approximate surface area is 69.1 Å². The summed E-state index contributed by atoms with van der Waals surface area (Å²) in [6, 6.07) is 0. The van der Waals surface area contributed by atoms with Crippen molar-refractivity contribution in [2.75, 3.05) is 0 Å². The van der Waals surface area contributed by atoms with E-state index < -0.39 is 11.8 Å². The molecule has 0 aliphatic carbocycles. The second-order valence-electron chi connectivity index (χ2n) is 1.36. The maximum absolute atomic E-state index is 9.70. The zero-order valence-corrected chi connectivity index (χ0v) is 6.28. The average molecular weight is 174 g/mol. The molecule has 0 saturated heterocycles. The van der Waals surface area contributed by atoms with Gasteiger partial charge in [0.25, 0.3) is 11.8 Å². The third-order valence-electron chi connectivity index (χ3n) is 0.591. The third-order valence-corrected chi connectivity index (χ3v) is 0.591. The highest BCUT2D eigenvalue weighted by molar-refractivity contribution is 5.85. The lowest BCUT2D eigenvalue weighted by Crippen LogP contribution is -2.14. The van der Waals surface area contributed by atoms with E-state index in [1.807, 2.05) is 0 Å². The van der Waals surface area contributed by atoms with Crippen LogP contribution in [0, 0.1) is 0 Å². The fourth-order valence-electron chi connectivity index (χ4n) is 0.0913. The van der Waals surface area contributed by atoms with Crippen molar-refractivity contribution in [3.8, 4) is 0 Å². The lowest BCUT2D eigenvalue weighted by molar-refractivity contribution is -0.124. The number of hydrogen-bond acceptors (Lipinski definition) is 4. The lowest BCUT2D eigenvalue weighted by Gasteiger charge is -1.81. The number of carbonyl (C=O) groups is 2. The monoisotopic (exact) mass is 174 g/mol. The van der Waals surface area contributed by atoms with Crippen LogP contribution in [-0.2, 0) is 9.59 Å². The van der Waals surface area contributed by atoms with Crippen LogP contribution in [0.25, 0.3) is 0 Å². The summed E-state index contributed by atoms with van der Waals surface area (Å²) in [7, 11) is 0. The standard InChI is InChI=1S/2C3H5NO2/c2*1-2-3(5)4-6/h2*2,6H,1H2,(H,4,5). The molecule has 0 aromatic heterocycles. The molecule has 0 aromatic carbocycles. The predicted octanol–water partition coefficient (Wildman–Crippen LogP) is -0.644. The molecule has 0 rings (SSSR count). The minimum Gasteiger partial charge on any atom is -0.288 e. The van der Waals surface area contributed by atoms with Crippen molar-refractivity contribution in [1.29, 1.82) is 0 Å². The van der Waals surface area contributed by atoms with Crippen LogP contribution in [0.3, 0.4) is 0 Å². The summed E-state index contributed by atoms with van der Waals surface area (Å²) >= 11 is 0. The molecule has 12 heavy (non-hydrogen) atoms. The molecule has 6 heteroatoms. The molecule has 0 atom stereocenters. The van der Waals surface area contributed by atoms with Gasteiger partial charge in [-0.05, 0) is 12.2 Å². The second-order valence-corrected chi connectivity index (χ2v) is 1.36. The summed E-state index contributed by atoms with van der Waals surface area (Å²) in [4.78, 5) is 19.4. The van der Waals surface area contributed by atoms with Crippen molar-refractivity contribution in [2.45, 2.75) is 0 Å². The molecule has 6 nitrogen and oxygen atoms in total. The van der Waals surface area contributed by atoms with Gasteiger partial charge in [0, 0.05) is 0 Å². The van der Waals surface area contributed by atoms with Gasteiger partial charge in [-0.15, -0.1) is 0 Å². The molecule has 0 heterocycles. The highest BCUT2D eigenvalue weighted by atomic mass is 16.5. The van der Waals surface area contributed by atoms with Gasteiger partial charge < -0.3 is 0 Å². The molecule has 0 radical (unpaired) electrons. The van der Waals surface area contributed by atoms with E-state index in [0.29, 0.717) is 0 Å². The van der Waals surface area contributed by atoms with Gasteiger partial charge in [0.2, 0.25) is 0 Å². The fraction of sp³-hybridized carbons (Fsp3) is 0. The summed E-state index contributed by atoms with van der Waals surface area (Å²) in [5.74, 6) is -1.18. The molecule has 68 valence electrons. The summed E-state index contributed by atoms with van der Waals surface area (Å²) in [5.41, 5.74) is 2.72. The molecule has 2 amide bonds. The Balaban J connectivity index is 0. The predicted molar refractivity (Wildman–Crippen MR) is 40.3 cm³/mol. The zero-order valence-electron chi connectivity index (χ0n) is 6.28. The highest BCUT2D eigenvalue weighted by Gasteiger charge is 1.81. The maximum atomic E-state index is 9.70. The van der Waals surface area contributed by atoms with Crippen LogP contribution in [0.15, 0.2) is 25.3 Å². The van der Waals surface area contributed by atoms with E-state index in [9.17, 15) is 9.59 Å². The molecular weight excluding hydrogens is 164 g/mol. The quantitative estimate of drug-likeness (QED) is 0.254. The Kier molecular flexibility index (Phi) is 10.1. The third kappa shape index (κ3) is 11.2. The van der Waals surface area contributed by atoms with Crippen molar-refractivity contribution >= 4 is 11.8 Å². The number of amides is 2. The molecule has 0 spiro atoms. The van der Waals surface area contributed by atoms with E-state index in [1.54, 1.807) is 0 Å². The van der Waals surface area contributed by atoms with E-state index in [0.717, 1.165) is 12.2 Å². The van der Waals surface area contributed by atoms with Crippen LogP contribution in [0.4, 0.5) is 0 Å². The molecule has 0 bridgehead atoms. The Morgan fingerprint density at radius 2 is 1.25 bits per heavy atom. The van der Waals surface area contributed by atoms with Crippen molar-refractivity contribution in [3.05, 3.63) is 25.3 Å². The summed E-state index contributed by atoms with van der Waals surface area (Å²) in [6.45, 7) is 6.12. The second kappa shape index (κ2) is 9.34. The van der Waals surface area contributed by atoms with Crippen LogP contribution in [-0.4, -0.2) is 22.2 Å². The number of carbonyl (C=O) groups excluding carboxylic acids is 2. The molecular formula is C6H10N2O4. The van der Waals surface area contributed by atoms with Crippen LogP contribution >= 0.6 is 0 Å². The highest BCUT2D eigenvalue weighted by Crippen LogP contribution is 1.56. The van der Waals surface area contributed by atoms with Gasteiger partial charge in [0.05, 0.1) is 0 Å².